The minimum absolute atomic E-state index is 0.0947. The van der Waals surface area contributed by atoms with Crippen LogP contribution in [0.5, 0.6) is 0 Å². The Morgan fingerprint density at radius 3 is 2.58 bits per heavy atom. The molecule has 0 unspecified atom stereocenters. The maximum atomic E-state index is 12.9. The number of hydrogen-bond acceptors (Lipinski definition) is 3. The number of aromatic nitrogens is 2. The first-order valence-electron chi connectivity index (χ1n) is 6.17. The first kappa shape index (κ1) is 13.4. The van der Waals surface area contributed by atoms with Crippen LogP contribution in [0.15, 0.2) is 35.1 Å². The second-order valence-electron chi connectivity index (χ2n) is 4.21. The van der Waals surface area contributed by atoms with E-state index < -0.39 is 0 Å². The first-order valence-corrected chi connectivity index (χ1v) is 6.17. The van der Waals surface area contributed by atoms with Gasteiger partial charge in [0.25, 0.3) is 5.56 Å². The Morgan fingerprint density at radius 1 is 1.32 bits per heavy atom. The largest absolute Gasteiger partial charge is 0.315 e. The molecule has 0 saturated heterocycles. The van der Waals surface area contributed by atoms with Crippen molar-refractivity contribution in [3.8, 4) is 11.3 Å². The maximum absolute atomic E-state index is 12.9. The molecule has 0 aliphatic heterocycles. The molecule has 2 rings (SSSR count). The summed E-state index contributed by atoms with van der Waals surface area (Å²) in [6, 6.07) is 7.83. The van der Waals surface area contributed by atoms with Crippen LogP contribution in [0.1, 0.15) is 12.5 Å². The summed E-state index contributed by atoms with van der Waals surface area (Å²) in [5.41, 5.74) is 2.02. The molecule has 1 aromatic heterocycles. The molecule has 1 aromatic carbocycles. The van der Waals surface area contributed by atoms with Crippen LogP contribution in [0.2, 0.25) is 0 Å². The molecule has 5 heteroatoms. The summed E-state index contributed by atoms with van der Waals surface area (Å²) >= 11 is 0. The van der Waals surface area contributed by atoms with Crippen molar-refractivity contribution in [1.82, 2.24) is 15.1 Å². The summed E-state index contributed by atoms with van der Waals surface area (Å²) in [6.07, 6.45) is 0. The topological polar surface area (TPSA) is 46.9 Å². The van der Waals surface area contributed by atoms with Crippen LogP contribution < -0.4 is 10.9 Å². The van der Waals surface area contributed by atoms with Gasteiger partial charge in [-0.25, -0.2) is 9.07 Å². The number of benzene rings is 1. The molecule has 4 nitrogen and oxygen atoms in total. The second kappa shape index (κ2) is 5.75. The molecule has 0 saturated carbocycles. The van der Waals surface area contributed by atoms with E-state index >= 15 is 0 Å². The molecule has 2 aromatic rings. The maximum Gasteiger partial charge on any atom is 0.271 e. The number of nitrogens with zero attached hydrogens (tertiary/aromatic N) is 2. The average molecular weight is 261 g/mol. The van der Waals surface area contributed by atoms with Gasteiger partial charge in [-0.1, -0.05) is 0 Å². The molecule has 100 valence electrons. The molecule has 1 heterocycles. The average Bonchev–Trinajstić information content (AvgIpc) is 2.42. The van der Waals surface area contributed by atoms with Crippen LogP contribution in [0.3, 0.4) is 0 Å². The second-order valence-corrected chi connectivity index (χ2v) is 4.21. The molecule has 0 bridgehead atoms. The summed E-state index contributed by atoms with van der Waals surface area (Å²) in [5.74, 6) is -0.289. The Kier molecular flexibility index (Phi) is 4.06. The highest BCUT2D eigenvalue weighted by atomic mass is 19.1. The van der Waals surface area contributed by atoms with Crippen molar-refractivity contribution in [1.29, 1.82) is 0 Å². The minimum Gasteiger partial charge on any atom is -0.315 e. The molecule has 0 aliphatic rings. The molecule has 0 atom stereocenters. The Labute approximate surface area is 110 Å². The molecule has 0 radical (unpaired) electrons. The van der Waals surface area contributed by atoms with E-state index in [0.717, 1.165) is 5.56 Å². The number of halogens is 1. The summed E-state index contributed by atoms with van der Waals surface area (Å²) in [4.78, 5) is 12.0. The van der Waals surface area contributed by atoms with Gasteiger partial charge in [-0.2, -0.15) is 5.10 Å². The third kappa shape index (κ3) is 2.88. The van der Waals surface area contributed by atoms with Crippen LogP contribution in [-0.4, -0.2) is 16.8 Å². The molecule has 1 N–H and O–H groups in total. The summed E-state index contributed by atoms with van der Waals surface area (Å²) in [7, 11) is 1.79. The van der Waals surface area contributed by atoms with E-state index in [9.17, 15) is 9.18 Å². The van der Waals surface area contributed by atoms with E-state index in [-0.39, 0.29) is 11.4 Å². The normalized spacial score (nSPS) is 10.7. The highest BCUT2D eigenvalue weighted by molar-refractivity contribution is 5.58. The first-order chi connectivity index (χ1) is 9.15. The Morgan fingerprint density at radius 2 is 2.00 bits per heavy atom. The highest BCUT2D eigenvalue weighted by Gasteiger charge is 2.08. The molecule has 0 spiro atoms. The van der Waals surface area contributed by atoms with Gasteiger partial charge in [-0.05, 0) is 44.3 Å². The van der Waals surface area contributed by atoms with Gasteiger partial charge in [0.2, 0.25) is 0 Å². The van der Waals surface area contributed by atoms with Gasteiger partial charge in [0.05, 0.1) is 5.69 Å². The van der Waals surface area contributed by atoms with E-state index in [4.69, 9.17) is 0 Å². The standard InChI is InChI=1S/C14H16FN3O/c1-3-18-14(19)11(9-16-2)8-13(17-18)10-4-6-12(15)7-5-10/h4-8,16H,3,9H2,1-2H3. The lowest BCUT2D eigenvalue weighted by atomic mass is 10.1. The van der Waals surface area contributed by atoms with Gasteiger partial charge in [-0.15, -0.1) is 0 Å². The van der Waals surface area contributed by atoms with E-state index in [1.807, 2.05) is 6.92 Å². The molecule has 0 amide bonds. The van der Waals surface area contributed by atoms with Crippen molar-refractivity contribution >= 4 is 0 Å². The van der Waals surface area contributed by atoms with Crippen molar-refractivity contribution in [2.45, 2.75) is 20.0 Å². The number of rotatable bonds is 4. The van der Waals surface area contributed by atoms with Crippen LogP contribution in [0, 0.1) is 5.82 Å². The van der Waals surface area contributed by atoms with Crippen molar-refractivity contribution in [2.24, 2.45) is 0 Å². The zero-order valence-corrected chi connectivity index (χ0v) is 11.0. The number of hydrogen-bond donors (Lipinski definition) is 1. The minimum atomic E-state index is -0.289. The van der Waals surface area contributed by atoms with Gasteiger partial charge in [0.1, 0.15) is 5.82 Å². The molecule has 19 heavy (non-hydrogen) atoms. The smallest absolute Gasteiger partial charge is 0.271 e. The molecule has 0 fully saturated rings. The Hall–Kier alpha value is -2.01. The number of aryl methyl sites for hydroxylation is 1. The lowest BCUT2D eigenvalue weighted by molar-refractivity contribution is 0.605. The summed E-state index contributed by atoms with van der Waals surface area (Å²) < 4.78 is 14.3. The quantitative estimate of drug-likeness (QED) is 0.912. The zero-order chi connectivity index (χ0) is 13.8. The van der Waals surface area contributed by atoms with Gasteiger partial charge >= 0.3 is 0 Å². The zero-order valence-electron chi connectivity index (χ0n) is 11.0. The number of nitrogens with one attached hydrogen (secondary N) is 1. The van der Waals surface area contributed by atoms with Crippen LogP contribution >= 0.6 is 0 Å². The monoisotopic (exact) mass is 261 g/mol. The summed E-state index contributed by atoms with van der Waals surface area (Å²) in [5, 5.41) is 7.25. The molecule has 0 aliphatic carbocycles. The molecular formula is C14H16FN3O. The van der Waals surface area contributed by atoms with Crippen molar-refractivity contribution in [3.63, 3.8) is 0 Å². The Balaban J connectivity index is 2.54. The van der Waals surface area contributed by atoms with Crippen LogP contribution in [0.4, 0.5) is 4.39 Å². The van der Waals surface area contributed by atoms with Crippen molar-refractivity contribution < 1.29 is 4.39 Å². The van der Waals surface area contributed by atoms with E-state index in [1.54, 1.807) is 25.2 Å². The van der Waals surface area contributed by atoms with Crippen molar-refractivity contribution in [3.05, 3.63) is 52.1 Å². The SMILES string of the molecule is CCn1nc(-c2ccc(F)cc2)cc(CNC)c1=O. The van der Waals surface area contributed by atoms with Gasteiger partial charge in [-0.3, -0.25) is 4.79 Å². The van der Waals surface area contributed by atoms with Gasteiger partial charge < -0.3 is 5.32 Å². The van der Waals surface area contributed by atoms with Crippen molar-refractivity contribution in [2.75, 3.05) is 7.05 Å². The van der Waals surface area contributed by atoms with E-state index in [0.29, 0.717) is 24.3 Å². The van der Waals surface area contributed by atoms with E-state index in [1.165, 1.54) is 16.8 Å². The van der Waals surface area contributed by atoms with Crippen LogP contribution in [0.25, 0.3) is 11.3 Å². The fourth-order valence-corrected chi connectivity index (χ4v) is 1.89. The summed E-state index contributed by atoms with van der Waals surface area (Å²) in [6.45, 7) is 2.85. The lowest BCUT2D eigenvalue weighted by Gasteiger charge is -2.09. The highest BCUT2D eigenvalue weighted by Crippen LogP contribution is 2.17. The van der Waals surface area contributed by atoms with Crippen LogP contribution in [-0.2, 0) is 13.1 Å². The van der Waals surface area contributed by atoms with E-state index in [2.05, 4.69) is 10.4 Å². The Bertz CT molecular complexity index is 620. The lowest BCUT2D eigenvalue weighted by Crippen LogP contribution is -2.28. The van der Waals surface area contributed by atoms with Gasteiger partial charge in [0.15, 0.2) is 0 Å². The predicted molar refractivity (Wildman–Crippen MR) is 72.3 cm³/mol. The fraction of sp³-hybridized carbons (Fsp3) is 0.286. The molecular weight excluding hydrogens is 245 g/mol. The fourth-order valence-electron chi connectivity index (χ4n) is 1.89. The third-order valence-corrected chi connectivity index (χ3v) is 2.86. The van der Waals surface area contributed by atoms with Gasteiger partial charge in [0, 0.05) is 24.2 Å². The predicted octanol–water partition coefficient (Wildman–Crippen LogP) is 1.79. The third-order valence-electron chi connectivity index (χ3n) is 2.86.